The van der Waals surface area contributed by atoms with Gasteiger partial charge in [0.05, 0.1) is 20.6 Å². The summed E-state index contributed by atoms with van der Waals surface area (Å²) in [6, 6.07) is -0.981. The van der Waals surface area contributed by atoms with Gasteiger partial charge >= 0.3 is 5.97 Å². The molecule has 0 saturated carbocycles. The lowest BCUT2D eigenvalue weighted by Crippen LogP contribution is -2.71. The number of nitrogens with one attached hydrogen (secondary N) is 2. The summed E-state index contributed by atoms with van der Waals surface area (Å²) in [5, 5.41) is 15.5. The fraction of sp³-hybridized carbons (Fsp3) is 0.421. The maximum absolute atomic E-state index is 12.9. The lowest BCUT2D eigenvalue weighted by molar-refractivity contribution is -0.876. The summed E-state index contributed by atoms with van der Waals surface area (Å²) in [7, 11) is 4.88. The van der Waals surface area contributed by atoms with Crippen LogP contribution >= 0.6 is 23.3 Å². The minimum atomic E-state index is -1.27. The highest BCUT2D eigenvalue weighted by molar-refractivity contribution is 8.00. The summed E-state index contributed by atoms with van der Waals surface area (Å²) < 4.78 is 4.21. The van der Waals surface area contributed by atoms with Crippen LogP contribution in [0.15, 0.2) is 28.6 Å². The van der Waals surface area contributed by atoms with Gasteiger partial charge in [-0.15, -0.1) is 11.8 Å². The van der Waals surface area contributed by atoms with Gasteiger partial charge in [-0.05, 0) is 11.6 Å². The first-order chi connectivity index (χ1) is 17.0. The van der Waals surface area contributed by atoms with Crippen LogP contribution in [0.25, 0.3) is 0 Å². The number of hydrazine groups is 1. The summed E-state index contributed by atoms with van der Waals surface area (Å²) in [6.07, 6.45) is 3.38. The van der Waals surface area contributed by atoms with Crippen LogP contribution in [0.2, 0.25) is 0 Å². The van der Waals surface area contributed by atoms with E-state index in [1.165, 1.54) is 18.9 Å². The molecule has 0 bridgehead atoms. The van der Waals surface area contributed by atoms with E-state index in [2.05, 4.69) is 25.3 Å². The van der Waals surface area contributed by atoms with Crippen LogP contribution in [-0.2, 0) is 24.0 Å². The van der Waals surface area contributed by atoms with Crippen LogP contribution in [0.5, 0.6) is 0 Å². The molecule has 0 radical (unpaired) electrons. The number of thioether (sulfide) groups is 1. The number of aliphatic carboxylic acids is 1. The van der Waals surface area contributed by atoms with E-state index in [0.717, 1.165) is 16.4 Å². The Bertz CT molecular complexity index is 1160. The Hall–Kier alpha value is -3.54. The van der Waals surface area contributed by atoms with Crippen LogP contribution in [0, 0.1) is 0 Å². The molecule has 2 atom stereocenters. The minimum absolute atomic E-state index is 0.0550. The van der Waals surface area contributed by atoms with Gasteiger partial charge in [0.25, 0.3) is 17.7 Å². The van der Waals surface area contributed by atoms with Crippen molar-refractivity contribution in [2.75, 3.05) is 45.8 Å². The summed E-state index contributed by atoms with van der Waals surface area (Å²) in [5.41, 5.74) is 7.66. The predicted octanol–water partition coefficient (Wildman–Crippen LogP) is -2.17. The SMILES string of the molecule is CO/N=C(\C(=O)N[C@@H]1C(=O)N2C(C(=O)O)=C(/C=C/C[N+](C)(C)CC(=O)NN)CS[C@@H]12)c1nsc(N)n1. The van der Waals surface area contributed by atoms with Gasteiger partial charge in [-0.3, -0.25) is 24.7 Å². The van der Waals surface area contributed by atoms with Gasteiger partial charge in [-0.1, -0.05) is 11.2 Å². The lowest BCUT2D eigenvalue weighted by Gasteiger charge is -2.49. The molecule has 0 unspecified atom stereocenters. The molecule has 3 amide bonds. The van der Waals surface area contributed by atoms with Crippen LogP contribution in [0.1, 0.15) is 5.82 Å². The zero-order valence-electron chi connectivity index (χ0n) is 19.6. The van der Waals surface area contributed by atoms with Crippen LogP contribution in [0.3, 0.4) is 0 Å². The third-order valence-electron chi connectivity index (χ3n) is 5.19. The summed E-state index contributed by atoms with van der Waals surface area (Å²) in [5.74, 6) is 2.43. The number of carbonyl (C=O) groups is 4. The number of likely N-dealkylation sites (N-methyl/N-ethyl adjacent to an activating group) is 1. The molecule has 1 fully saturated rings. The molecule has 15 nitrogen and oxygen atoms in total. The molecule has 36 heavy (non-hydrogen) atoms. The van der Waals surface area contributed by atoms with Gasteiger partial charge in [0.15, 0.2) is 11.7 Å². The number of nitrogens with two attached hydrogens (primary N) is 2. The van der Waals surface area contributed by atoms with Crippen molar-refractivity contribution in [2.24, 2.45) is 11.0 Å². The Morgan fingerprint density at radius 2 is 2.11 bits per heavy atom. The number of fused-ring (bicyclic) bond motifs is 1. The topological polar surface area (TPSA) is 215 Å². The molecule has 17 heteroatoms. The number of rotatable bonds is 10. The third-order valence-corrected chi connectivity index (χ3v) is 7.03. The number of β-lactam (4-membered cyclic amide) rings is 1. The van der Waals surface area contributed by atoms with E-state index in [4.69, 9.17) is 16.4 Å². The number of quaternary nitrogens is 1. The molecule has 7 N–H and O–H groups in total. The van der Waals surface area contributed by atoms with Crippen molar-refractivity contribution in [2.45, 2.75) is 11.4 Å². The number of oxime groups is 1. The first-order valence-electron chi connectivity index (χ1n) is 10.4. The van der Waals surface area contributed by atoms with Crippen LogP contribution < -0.4 is 22.3 Å². The monoisotopic (exact) mass is 540 g/mol. The summed E-state index contributed by atoms with van der Waals surface area (Å²) in [4.78, 5) is 59.0. The molecule has 3 rings (SSSR count). The molecule has 1 aromatic heterocycles. The zero-order chi connectivity index (χ0) is 26.6. The molecule has 0 aliphatic carbocycles. The number of anilines is 1. The molecule has 1 saturated heterocycles. The van der Waals surface area contributed by atoms with E-state index in [-0.39, 0.29) is 39.3 Å². The highest BCUT2D eigenvalue weighted by atomic mass is 32.2. The average Bonchev–Trinajstić information content (AvgIpc) is 3.25. The molecule has 0 aromatic carbocycles. The van der Waals surface area contributed by atoms with Crippen LogP contribution in [-0.4, -0.2) is 105 Å². The number of amides is 3. The number of carboxylic acid groups (broad SMARTS) is 1. The number of nitrogen functional groups attached to an aromatic ring is 1. The Balaban J connectivity index is 1.74. The Labute approximate surface area is 213 Å². The number of nitrogens with zero attached hydrogens (tertiary/aromatic N) is 5. The highest BCUT2D eigenvalue weighted by Gasteiger charge is 2.54. The Kier molecular flexibility index (Phi) is 8.28. The summed E-state index contributed by atoms with van der Waals surface area (Å²) >= 11 is 2.17. The number of hydrogen-bond donors (Lipinski definition) is 5. The van der Waals surface area contributed by atoms with Crippen LogP contribution in [0.4, 0.5) is 5.13 Å². The fourth-order valence-electron chi connectivity index (χ4n) is 3.57. The number of carboxylic acids is 1. The molecule has 2 aliphatic heterocycles. The van der Waals surface area contributed by atoms with E-state index in [1.807, 2.05) is 14.1 Å². The van der Waals surface area contributed by atoms with Gasteiger partial charge in [0, 0.05) is 17.3 Å². The zero-order valence-corrected chi connectivity index (χ0v) is 21.3. The standard InChI is InChI=1S/C19H25N9O6S2/c1-28(2,7-10(29)24-21)6-4-5-9-8-35-17-12(16(31)27(17)13(9)18(32)33)22-15(30)11(25-34-3)14-23-19(20)36-26-14/h4-5,12,17H,6-8H2,1-3H3,(H6-,20,21,22,23,24,25,26,29,30,32,33)/p+1/b5-4+/t12-,17+/m1/s1. The van der Waals surface area contributed by atoms with Crippen molar-refractivity contribution in [1.29, 1.82) is 0 Å². The Morgan fingerprint density at radius 3 is 2.69 bits per heavy atom. The minimum Gasteiger partial charge on any atom is -0.477 e. The smallest absolute Gasteiger partial charge is 0.352 e. The van der Waals surface area contributed by atoms with Gasteiger partial charge in [-0.25, -0.2) is 10.6 Å². The van der Waals surface area contributed by atoms with Gasteiger partial charge in [0.2, 0.25) is 11.5 Å². The van der Waals surface area contributed by atoms with E-state index in [0.29, 0.717) is 17.9 Å². The van der Waals surface area contributed by atoms with E-state index < -0.39 is 29.2 Å². The maximum Gasteiger partial charge on any atom is 0.352 e. The van der Waals surface area contributed by atoms with Crippen molar-refractivity contribution >= 4 is 57.8 Å². The quantitative estimate of drug-likeness (QED) is 0.0537. The molecular formula is C19H26N9O6S2+. The predicted molar refractivity (Wildman–Crippen MR) is 131 cm³/mol. The maximum atomic E-state index is 12.9. The highest BCUT2D eigenvalue weighted by Crippen LogP contribution is 2.40. The van der Waals surface area contributed by atoms with E-state index >= 15 is 0 Å². The lowest BCUT2D eigenvalue weighted by atomic mass is 10.0. The molecule has 3 heterocycles. The van der Waals surface area contributed by atoms with E-state index in [1.54, 1.807) is 12.2 Å². The van der Waals surface area contributed by atoms with Gasteiger partial charge < -0.3 is 25.5 Å². The fourth-order valence-corrected chi connectivity index (χ4v) is 5.32. The number of hydrogen-bond acceptors (Lipinski definition) is 12. The van der Waals surface area contributed by atoms with Gasteiger partial charge in [0.1, 0.15) is 24.2 Å². The van der Waals surface area contributed by atoms with E-state index in [9.17, 15) is 24.3 Å². The van der Waals surface area contributed by atoms with Crippen molar-refractivity contribution in [3.8, 4) is 0 Å². The van der Waals surface area contributed by atoms with Crippen molar-refractivity contribution in [1.82, 2.24) is 25.0 Å². The molecule has 0 spiro atoms. The molecular weight excluding hydrogens is 514 g/mol. The van der Waals surface area contributed by atoms with Gasteiger partial charge in [-0.2, -0.15) is 9.36 Å². The molecule has 194 valence electrons. The van der Waals surface area contributed by atoms with Crippen molar-refractivity contribution in [3.63, 3.8) is 0 Å². The first-order valence-corrected chi connectivity index (χ1v) is 12.2. The summed E-state index contributed by atoms with van der Waals surface area (Å²) in [6.45, 7) is 0.549. The second-order valence-electron chi connectivity index (χ2n) is 8.36. The van der Waals surface area contributed by atoms with Crippen molar-refractivity contribution in [3.05, 3.63) is 29.2 Å². The molecule has 1 aromatic rings. The largest absolute Gasteiger partial charge is 0.477 e. The van der Waals surface area contributed by atoms with Crippen molar-refractivity contribution < 1.29 is 33.6 Å². The number of aromatic nitrogens is 2. The Morgan fingerprint density at radius 1 is 1.39 bits per heavy atom. The first kappa shape index (κ1) is 27.1. The number of carbonyl (C=O) groups excluding carboxylic acids is 3. The average molecular weight is 541 g/mol. The third kappa shape index (κ3) is 5.81. The number of allylic oxidation sites excluding steroid dienone is 1. The second kappa shape index (κ2) is 11.0. The normalized spacial score (nSPS) is 20.2. The molecule has 2 aliphatic rings. The second-order valence-corrected chi connectivity index (χ2v) is 10.3.